The lowest BCUT2D eigenvalue weighted by Crippen LogP contribution is -2.35. The zero-order chi connectivity index (χ0) is 14.5. The number of carboxylic acid groups (broad SMARTS) is 1. The number of aliphatic carboxylic acids is 1. The van der Waals surface area contributed by atoms with Gasteiger partial charge in [0.1, 0.15) is 6.10 Å². The Kier molecular flexibility index (Phi) is 4.52. The molecule has 7 heteroatoms. The van der Waals surface area contributed by atoms with Gasteiger partial charge in [0, 0.05) is 18.3 Å². The van der Waals surface area contributed by atoms with Crippen molar-refractivity contribution in [3.8, 4) is 5.88 Å². The highest BCUT2D eigenvalue weighted by molar-refractivity contribution is 5.82. The van der Waals surface area contributed by atoms with Crippen LogP contribution in [0.3, 0.4) is 0 Å². The second kappa shape index (κ2) is 6.33. The van der Waals surface area contributed by atoms with Crippen molar-refractivity contribution in [1.82, 2.24) is 10.3 Å². The Hall–Kier alpha value is -2.15. The summed E-state index contributed by atoms with van der Waals surface area (Å²) in [6, 6.07) is 3.54. The van der Waals surface area contributed by atoms with Crippen LogP contribution in [0.15, 0.2) is 18.3 Å². The third kappa shape index (κ3) is 3.24. The maximum atomic E-state index is 11.9. The van der Waals surface area contributed by atoms with E-state index in [1.807, 2.05) is 0 Å². The fourth-order valence-electron chi connectivity index (χ4n) is 2.05. The molecule has 1 amide bonds. The Morgan fingerprint density at radius 2 is 2.25 bits per heavy atom. The molecule has 1 fully saturated rings. The molecule has 0 saturated carbocycles. The van der Waals surface area contributed by atoms with Gasteiger partial charge in [0.15, 0.2) is 6.10 Å². The van der Waals surface area contributed by atoms with Gasteiger partial charge in [-0.2, -0.15) is 0 Å². The summed E-state index contributed by atoms with van der Waals surface area (Å²) in [7, 11) is 1.51. The largest absolute Gasteiger partial charge is 0.481 e. The lowest BCUT2D eigenvalue weighted by atomic mass is 10.2. The number of nitrogens with zero attached hydrogens (tertiary/aromatic N) is 1. The number of rotatable bonds is 5. The van der Waals surface area contributed by atoms with Crippen molar-refractivity contribution >= 4 is 11.9 Å². The smallest absolute Gasteiger partial charge is 0.332 e. The van der Waals surface area contributed by atoms with Crippen LogP contribution < -0.4 is 10.1 Å². The van der Waals surface area contributed by atoms with E-state index in [1.165, 1.54) is 7.11 Å². The molecule has 0 bridgehead atoms. The lowest BCUT2D eigenvalue weighted by molar-refractivity contribution is -0.151. The van der Waals surface area contributed by atoms with Crippen molar-refractivity contribution in [2.45, 2.75) is 31.6 Å². The number of carbonyl (C=O) groups excluding carboxylic acids is 1. The summed E-state index contributed by atoms with van der Waals surface area (Å²) < 4.78 is 10.3. The molecule has 2 atom stereocenters. The van der Waals surface area contributed by atoms with Crippen molar-refractivity contribution in [3.63, 3.8) is 0 Å². The fraction of sp³-hybridized carbons (Fsp3) is 0.462. The number of carbonyl (C=O) groups is 2. The van der Waals surface area contributed by atoms with E-state index >= 15 is 0 Å². The number of hydrogen-bond acceptors (Lipinski definition) is 5. The summed E-state index contributed by atoms with van der Waals surface area (Å²) in [6.45, 7) is 0.257. The van der Waals surface area contributed by atoms with Gasteiger partial charge in [-0.1, -0.05) is 6.07 Å². The van der Waals surface area contributed by atoms with E-state index in [0.29, 0.717) is 18.7 Å². The Morgan fingerprint density at radius 1 is 1.50 bits per heavy atom. The van der Waals surface area contributed by atoms with Crippen molar-refractivity contribution in [3.05, 3.63) is 23.9 Å². The van der Waals surface area contributed by atoms with Crippen LogP contribution in [0.2, 0.25) is 0 Å². The lowest BCUT2D eigenvalue weighted by Gasteiger charge is -2.12. The summed E-state index contributed by atoms with van der Waals surface area (Å²) in [5.41, 5.74) is 0.746. The Labute approximate surface area is 115 Å². The fourth-order valence-corrected chi connectivity index (χ4v) is 2.05. The summed E-state index contributed by atoms with van der Waals surface area (Å²) in [4.78, 5) is 26.7. The minimum absolute atomic E-state index is 0.257. The SMILES string of the molecule is COc1ncccc1CNC(=O)[C@@H]1CC[C@H](C(=O)O)O1. The van der Waals surface area contributed by atoms with Crippen molar-refractivity contribution in [2.75, 3.05) is 7.11 Å². The number of hydrogen-bond donors (Lipinski definition) is 2. The van der Waals surface area contributed by atoms with Crippen LogP contribution in [-0.4, -0.2) is 41.3 Å². The number of amides is 1. The van der Waals surface area contributed by atoms with Gasteiger partial charge in [-0.25, -0.2) is 9.78 Å². The molecule has 20 heavy (non-hydrogen) atoms. The van der Waals surface area contributed by atoms with E-state index in [-0.39, 0.29) is 12.5 Å². The standard InChI is InChI=1S/C13H16N2O5/c1-19-12-8(3-2-6-14-12)7-15-11(16)9-4-5-10(20-9)13(17)18/h2-3,6,9-10H,4-5,7H2,1H3,(H,15,16)(H,17,18)/t9-,10+/m0/s1. The van der Waals surface area contributed by atoms with E-state index in [4.69, 9.17) is 14.6 Å². The zero-order valence-electron chi connectivity index (χ0n) is 11.0. The molecule has 0 spiro atoms. The van der Waals surface area contributed by atoms with Gasteiger partial charge < -0.3 is 19.9 Å². The second-order valence-corrected chi connectivity index (χ2v) is 4.42. The average Bonchev–Trinajstić information content (AvgIpc) is 2.95. The highest BCUT2D eigenvalue weighted by atomic mass is 16.5. The van der Waals surface area contributed by atoms with Crippen LogP contribution in [0.5, 0.6) is 5.88 Å². The predicted octanol–water partition coefficient (Wildman–Crippen LogP) is 0.339. The normalized spacial score (nSPS) is 21.4. The first kappa shape index (κ1) is 14.3. The number of aromatic nitrogens is 1. The summed E-state index contributed by atoms with van der Waals surface area (Å²) in [5.74, 6) is -0.905. The number of carboxylic acids is 1. The molecule has 1 aromatic heterocycles. The van der Waals surface area contributed by atoms with Crippen LogP contribution in [0.1, 0.15) is 18.4 Å². The number of ether oxygens (including phenoxy) is 2. The maximum absolute atomic E-state index is 11.9. The monoisotopic (exact) mass is 280 g/mol. The summed E-state index contributed by atoms with van der Waals surface area (Å²) in [5, 5.41) is 11.5. The third-order valence-corrected chi connectivity index (χ3v) is 3.08. The Bertz CT molecular complexity index is 505. The topological polar surface area (TPSA) is 97.8 Å². The Morgan fingerprint density at radius 3 is 2.90 bits per heavy atom. The highest BCUT2D eigenvalue weighted by Gasteiger charge is 2.34. The summed E-state index contributed by atoms with van der Waals surface area (Å²) in [6.07, 6.45) is 0.760. The van der Waals surface area contributed by atoms with Gasteiger partial charge >= 0.3 is 5.97 Å². The van der Waals surface area contributed by atoms with E-state index in [0.717, 1.165) is 5.56 Å². The van der Waals surface area contributed by atoms with E-state index in [2.05, 4.69) is 10.3 Å². The minimum atomic E-state index is -1.03. The molecule has 1 saturated heterocycles. The van der Waals surface area contributed by atoms with E-state index < -0.39 is 18.2 Å². The number of methoxy groups -OCH3 is 1. The summed E-state index contributed by atoms with van der Waals surface area (Å²) >= 11 is 0. The van der Waals surface area contributed by atoms with Gasteiger partial charge in [0.05, 0.1) is 7.11 Å². The van der Waals surface area contributed by atoms with Gasteiger partial charge in [0.25, 0.3) is 0 Å². The molecule has 0 aliphatic carbocycles. The van der Waals surface area contributed by atoms with Crippen LogP contribution in [-0.2, 0) is 20.9 Å². The third-order valence-electron chi connectivity index (χ3n) is 3.08. The van der Waals surface area contributed by atoms with Crippen molar-refractivity contribution in [2.24, 2.45) is 0 Å². The van der Waals surface area contributed by atoms with Crippen LogP contribution in [0.4, 0.5) is 0 Å². The first-order valence-electron chi connectivity index (χ1n) is 6.25. The minimum Gasteiger partial charge on any atom is -0.481 e. The van der Waals surface area contributed by atoms with Gasteiger partial charge in [-0.05, 0) is 18.9 Å². The van der Waals surface area contributed by atoms with Crippen LogP contribution >= 0.6 is 0 Å². The predicted molar refractivity (Wildman–Crippen MR) is 68.2 cm³/mol. The molecule has 0 unspecified atom stereocenters. The first-order chi connectivity index (χ1) is 9.61. The molecular weight excluding hydrogens is 264 g/mol. The van der Waals surface area contributed by atoms with Crippen molar-refractivity contribution in [1.29, 1.82) is 0 Å². The molecule has 108 valence electrons. The second-order valence-electron chi connectivity index (χ2n) is 4.42. The van der Waals surface area contributed by atoms with Gasteiger partial charge in [-0.15, -0.1) is 0 Å². The quantitative estimate of drug-likeness (QED) is 0.807. The van der Waals surface area contributed by atoms with Crippen LogP contribution in [0.25, 0.3) is 0 Å². The highest BCUT2D eigenvalue weighted by Crippen LogP contribution is 2.20. The van der Waals surface area contributed by atoms with E-state index in [9.17, 15) is 9.59 Å². The molecule has 0 aromatic carbocycles. The van der Waals surface area contributed by atoms with Gasteiger partial charge in [0.2, 0.25) is 11.8 Å². The van der Waals surface area contributed by atoms with Gasteiger partial charge in [-0.3, -0.25) is 4.79 Å². The van der Waals surface area contributed by atoms with E-state index in [1.54, 1.807) is 18.3 Å². The number of pyridine rings is 1. The molecule has 1 aliphatic rings. The first-order valence-corrected chi connectivity index (χ1v) is 6.25. The molecule has 1 aliphatic heterocycles. The van der Waals surface area contributed by atoms with Crippen molar-refractivity contribution < 1.29 is 24.2 Å². The average molecular weight is 280 g/mol. The molecule has 2 heterocycles. The molecule has 1 aromatic rings. The maximum Gasteiger partial charge on any atom is 0.332 e. The molecule has 2 N–H and O–H groups in total. The molecule has 2 rings (SSSR count). The molecule has 7 nitrogen and oxygen atoms in total. The van der Waals surface area contributed by atoms with Crippen LogP contribution in [0, 0.1) is 0 Å². The molecule has 0 radical (unpaired) electrons. The Balaban J connectivity index is 1.88. The number of nitrogens with one attached hydrogen (secondary N) is 1. The molecular formula is C13H16N2O5. The zero-order valence-corrected chi connectivity index (χ0v) is 11.0.